The maximum Gasteiger partial charge on any atom is 0.0666 e. The number of thioether (sulfide) groups is 1. The molecule has 1 aromatic carbocycles. The van der Waals surface area contributed by atoms with E-state index in [9.17, 15) is 0 Å². The van der Waals surface area contributed by atoms with Crippen LogP contribution in [-0.2, 0) is 0 Å². The molecule has 0 spiro atoms. The van der Waals surface area contributed by atoms with Gasteiger partial charge >= 0.3 is 0 Å². The van der Waals surface area contributed by atoms with Crippen molar-refractivity contribution in [1.82, 2.24) is 0 Å². The van der Waals surface area contributed by atoms with Crippen molar-refractivity contribution >= 4 is 29.1 Å². The van der Waals surface area contributed by atoms with Gasteiger partial charge in [0.2, 0.25) is 0 Å². The number of rotatable bonds is 2. The Morgan fingerprint density at radius 2 is 2.33 bits per heavy atom. The predicted octanol–water partition coefficient (Wildman–Crippen LogP) is 3.96. The van der Waals surface area contributed by atoms with Crippen molar-refractivity contribution in [1.29, 1.82) is 0 Å². The highest BCUT2D eigenvalue weighted by molar-refractivity contribution is 7.99. The average Bonchev–Trinajstić information content (AvgIpc) is 2.26. The van der Waals surface area contributed by atoms with Gasteiger partial charge in [0.1, 0.15) is 0 Å². The Morgan fingerprint density at radius 1 is 1.47 bits per heavy atom. The number of hydrogen-bond acceptors (Lipinski definition) is 2. The Labute approximate surface area is 101 Å². The van der Waals surface area contributed by atoms with E-state index >= 15 is 0 Å². The molecule has 1 N–H and O–H groups in total. The number of hydrogen-bond donors (Lipinski definition) is 1. The molecule has 15 heavy (non-hydrogen) atoms. The minimum atomic E-state index is 0.586. The van der Waals surface area contributed by atoms with Gasteiger partial charge in [-0.05, 0) is 37.1 Å². The molecule has 1 nitrogen and oxygen atoms in total. The molecule has 1 saturated heterocycles. The molecule has 1 aromatic rings. The minimum absolute atomic E-state index is 0.586. The van der Waals surface area contributed by atoms with Crippen LogP contribution in [0.1, 0.15) is 18.4 Å². The van der Waals surface area contributed by atoms with E-state index in [1.807, 2.05) is 24.8 Å². The van der Waals surface area contributed by atoms with Crippen molar-refractivity contribution in [2.45, 2.75) is 25.8 Å². The maximum absolute atomic E-state index is 6.24. The monoisotopic (exact) mass is 241 g/mol. The van der Waals surface area contributed by atoms with Crippen LogP contribution in [0.3, 0.4) is 0 Å². The molecular formula is C12H16ClNS. The summed E-state index contributed by atoms with van der Waals surface area (Å²) in [5.41, 5.74) is 2.23. The topological polar surface area (TPSA) is 12.0 Å². The lowest BCUT2D eigenvalue weighted by molar-refractivity contribution is 0.685. The molecule has 3 heteroatoms. The van der Waals surface area contributed by atoms with E-state index < -0.39 is 0 Å². The standard InChI is InChI=1S/C12H16ClNS/c1-9-4-2-6-11(12(9)13)14-10-5-3-7-15-8-10/h2,4,6,10,14H,3,5,7-8H2,1H3. The molecule has 0 bridgehead atoms. The minimum Gasteiger partial charge on any atom is -0.380 e. The summed E-state index contributed by atoms with van der Waals surface area (Å²) in [5.74, 6) is 2.50. The summed E-state index contributed by atoms with van der Waals surface area (Å²) in [7, 11) is 0. The van der Waals surface area contributed by atoms with E-state index in [-0.39, 0.29) is 0 Å². The number of anilines is 1. The van der Waals surface area contributed by atoms with Crippen LogP contribution in [0.2, 0.25) is 5.02 Å². The SMILES string of the molecule is Cc1cccc(NC2CCCSC2)c1Cl. The van der Waals surface area contributed by atoms with Crippen molar-refractivity contribution in [2.24, 2.45) is 0 Å². The van der Waals surface area contributed by atoms with E-state index in [1.165, 1.54) is 24.3 Å². The Bertz CT molecular complexity index is 334. The Kier molecular flexibility index (Phi) is 3.81. The van der Waals surface area contributed by atoms with Crippen LogP contribution in [0.15, 0.2) is 18.2 Å². The lowest BCUT2D eigenvalue weighted by Gasteiger charge is -2.24. The average molecular weight is 242 g/mol. The first-order valence-electron chi connectivity index (χ1n) is 5.37. The second-order valence-electron chi connectivity index (χ2n) is 3.99. The fourth-order valence-corrected chi connectivity index (χ4v) is 3.09. The van der Waals surface area contributed by atoms with Crippen LogP contribution in [0.4, 0.5) is 5.69 Å². The van der Waals surface area contributed by atoms with E-state index in [4.69, 9.17) is 11.6 Å². The molecule has 0 amide bonds. The molecule has 0 radical (unpaired) electrons. The van der Waals surface area contributed by atoms with Crippen LogP contribution in [-0.4, -0.2) is 17.5 Å². The maximum atomic E-state index is 6.24. The first-order chi connectivity index (χ1) is 7.27. The molecule has 1 aliphatic rings. The molecule has 0 aromatic heterocycles. The van der Waals surface area contributed by atoms with Crippen molar-refractivity contribution in [2.75, 3.05) is 16.8 Å². The van der Waals surface area contributed by atoms with E-state index in [0.29, 0.717) is 6.04 Å². The van der Waals surface area contributed by atoms with Gasteiger partial charge in [-0.15, -0.1) is 0 Å². The number of nitrogens with one attached hydrogen (secondary N) is 1. The van der Waals surface area contributed by atoms with Gasteiger partial charge < -0.3 is 5.32 Å². The number of aryl methyl sites for hydroxylation is 1. The van der Waals surface area contributed by atoms with Gasteiger partial charge in [-0.2, -0.15) is 11.8 Å². The highest BCUT2D eigenvalue weighted by Crippen LogP contribution is 2.28. The summed E-state index contributed by atoms with van der Waals surface area (Å²) >= 11 is 8.27. The fourth-order valence-electron chi connectivity index (χ4n) is 1.83. The highest BCUT2D eigenvalue weighted by atomic mass is 35.5. The molecule has 0 aliphatic carbocycles. The van der Waals surface area contributed by atoms with Gasteiger partial charge in [-0.1, -0.05) is 23.7 Å². The lowest BCUT2D eigenvalue weighted by Crippen LogP contribution is -2.25. The Hall–Kier alpha value is -0.340. The first kappa shape index (κ1) is 11.2. The van der Waals surface area contributed by atoms with Crippen molar-refractivity contribution in [3.63, 3.8) is 0 Å². The fraction of sp³-hybridized carbons (Fsp3) is 0.500. The summed E-state index contributed by atoms with van der Waals surface area (Å²) in [6.45, 7) is 2.04. The van der Waals surface area contributed by atoms with Crippen LogP contribution in [0.25, 0.3) is 0 Å². The summed E-state index contributed by atoms with van der Waals surface area (Å²) in [5, 5.41) is 4.41. The molecule has 1 fully saturated rings. The lowest BCUT2D eigenvalue weighted by atomic mass is 10.1. The quantitative estimate of drug-likeness (QED) is 0.841. The molecule has 1 unspecified atom stereocenters. The second kappa shape index (κ2) is 5.13. The molecule has 1 aliphatic heterocycles. The largest absolute Gasteiger partial charge is 0.380 e. The van der Waals surface area contributed by atoms with Crippen molar-refractivity contribution < 1.29 is 0 Å². The number of halogens is 1. The third-order valence-electron chi connectivity index (χ3n) is 2.71. The van der Waals surface area contributed by atoms with Gasteiger partial charge in [-0.25, -0.2) is 0 Å². The van der Waals surface area contributed by atoms with Gasteiger partial charge in [0.25, 0.3) is 0 Å². The normalized spacial score (nSPS) is 21.3. The highest BCUT2D eigenvalue weighted by Gasteiger charge is 2.14. The molecular weight excluding hydrogens is 226 g/mol. The third-order valence-corrected chi connectivity index (χ3v) is 4.43. The van der Waals surface area contributed by atoms with Crippen molar-refractivity contribution in [3.05, 3.63) is 28.8 Å². The first-order valence-corrected chi connectivity index (χ1v) is 6.90. The zero-order valence-corrected chi connectivity index (χ0v) is 10.5. The van der Waals surface area contributed by atoms with E-state index in [1.54, 1.807) is 0 Å². The molecule has 1 atom stereocenters. The predicted molar refractivity (Wildman–Crippen MR) is 70.2 cm³/mol. The molecule has 0 saturated carbocycles. The van der Waals surface area contributed by atoms with Crippen LogP contribution in [0.5, 0.6) is 0 Å². The molecule has 1 heterocycles. The third kappa shape index (κ3) is 2.82. The number of benzene rings is 1. The Balaban J connectivity index is 2.06. The summed E-state index contributed by atoms with van der Waals surface area (Å²) < 4.78 is 0. The van der Waals surface area contributed by atoms with Gasteiger partial charge in [0.05, 0.1) is 10.7 Å². The Morgan fingerprint density at radius 3 is 3.07 bits per heavy atom. The smallest absolute Gasteiger partial charge is 0.0666 e. The van der Waals surface area contributed by atoms with Gasteiger partial charge in [0.15, 0.2) is 0 Å². The van der Waals surface area contributed by atoms with Crippen molar-refractivity contribution in [3.8, 4) is 0 Å². The van der Waals surface area contributed by atoms with E-state index in [0.717, 1.165) is 16.3 Å². The summed E-state index contributed by atoms with van der Waals surface area (Å²) in [6, 6.07) is 6.75. The van der Waals surface area contributed by atoms with E-state index in [2.05, 4.69) is 17.4 Å². The van der Waals surface area contributed by atoms with Crippen LogP contribution in [0, 0.1) is 6.92 Å². The second-order valence-corrected chi connectivity index (χ2v) is 5.52. The molecule has 82 valence electrons. The van der Waals surface area contributed by atoms with Gasteiger partial charge in [-0.3, -0.25) is 0 Å². The zero-order chi connectivity index (χ0) is 10.7. The summed E-state index contributed by atoms with van der Waals surface area (Å²) in [4.78, 5) is 0. The van der Waals surface area contributed by atoms with Gasteiger partial charge in [0, 0.05) is 11.8 Å². The van der Waals surface area contributed by atoms with Crippen LogP contribution < -0.4 is 5.32 Å². The zero-order valence-electron chi connectivity index (χ0n) is 8.92. The summed E-state index contributed by atoms with van der Waals surface area (Å²) in [6.07, 6.45) is 2.57. The van der Waals surface area contributed by atoms with Crippen LogP contribution >= 0.6 is 23.4 Å². The molecule has 2 rings (SSSR count).